The lowest BCUT2D eigenvalue weighted by molar-refractivity contribution is -0.157. The summed E-state index contributed by atoms with van der Waals surface area (Å²) in [7, 11) is 0. The molecule has 1 atom stereocenters. The van der Waals surface area contributed by atoms with Crippen LogP contribution in [0.25, 0.3) is 0 Å². The highest BCUT2D eigenvalue weighted by atomic mass is 16.5. The van der Waals surface area contributed by atoms with Crippen LogP contribution < -0.4 is 0 Å². The summed E-state index contributed by atoms with van der Waals surface area (Å²) in [5.41, 5.74) is 0. The Hall–Kier alpha value is -1.92. The number of hydrogen-bond acceptors (Lipinski definition) is 5. The minimum atomic E-state index is -0.555. The molecule has 7 heteroatoms. The molecule has 34 heavy (non-hydrogen) atoms. The smallest absolute Gasteiger partial charge is 0.328 e. The standard InChI is InChI=1S/C27H46N2O5/c1-2-3-4-5-6-7-8-9-10-15-22-34-27(33)23(28-20-14-12-17-24(28)30)16-11-13-21-29-25(31)18-19-26(29)32/h23H,2-22H2,1H3. The summed E-state index contributed by atoms with van der Waals surface area (Å²) >= 11 is 0. The predicted molar refractivity (Wildman–Crippen MR) is 132 cm³/mol. The molecule has 194 valence electrons. The molecule has 0 aromatic heterocycles. The Morgan fingerprint density at radius 2 is 1.38 bits per heavy atom. The first-order valence-corrected chi connectivity index (χ1v) is 13.8. The van der Waals surface area contributed by atoms with Gasteiger partial charge in [-0.3, -0.25) is 19.3 Å². The van der Waals surface area contributed by atoms with E-state index in [2.05, 4.69) is 6.92 Å². The molecular formula is C27H46N2O5. The average molecular weight is 479 g/mol. The van der Waals surface area contributed by atoms with E-state index in [9.17, 15) is 19.2 Å². The number of piperidine rings is 1. The zero-order valence-corrected chi connectivity index (χ0v) is 21.4. The maximum Gasteiger partial charge on any atom is 0.328 e. The van der Waals surface area contributed by atoms with Crippen LogP contribution >= 0.6 is 0 Å². The minimum Gasteiger partial charge on any atom is -0.464 e. The van der Waals surface area contributed by atoms with Crippen molar-refractivity contribution in [3.63, 3.8) is 0 Å². The summed E-state index contributed by atoms with van der Waals surface area (Å²) in [6, 6.07) is -0.555. The Balaban J connectivity index is 1.66. The number of nitrogens with zero attached hydrogens (tertiary/aromatic N) is 2. The number of unbranched alkanes of at least 4 members (excludes halogenated alkanes) is 10. The average Bonchev–Trinajstić information content (AvgIpc) is 3.15. The number of amides is 3. The summed E-state index contributed by atoms with van der Waals surface area (Å²) in [6.45, 7) is 3.64. The summed E-state index contributed by atoms with van der Waals surface area (Å²) in [6.07, 6.45) is 16.9. The van der Waals surface area contributed by atoms with Gasteiger partial charge in [0, 0.05) is 32.4 Å². The van der Waals surface area contributed by atoms with Crippen molar-refractivity contribution in [3.8, 4) is 0 Å². The van der Waals surface area contributed by atoms with Crippen molar-refractivity contribution in [2.75, 3.05) is 19.7 Å². The first kappa shape index (κ1) is 28.3. The van der Waals surface area contributed by atoms with Gasteiger partial charge in [-0.05, 0) is 38.5 Å². The number of hydrogen-bond donors (Lipinski definition) is 0. The number of ether oxygens (including phenoxy) is 1. The van der Waals surface area contributed by atoms with E-state index in [4.69, 9.17) is 4.74 Å². The molecule has 2 fully saturated rings. The lowest BCUT2D eigenvalue weighted by atomic mass is 10.0. The molecule has 2 heterocycles. The molecule has 0 spiro atoms. The van der Waals surface area contributed by atoms with Gasteiger partial charge in [0.15, 0.2) is 0 Å². The van der Waals surface area contributed by atoms with Crippen molar-refractivity contribution in [3.05, 3.63) is 0 Å². The van der Waals surface area contributed by atoms with Gasteiger partial charge in [-0.1, -0.05) is 64.7 Å². The number of carbonyl (C=O) groups excluding carboxylic acids is 4. The molecule has 0 bridgehead atoms. The second-order valence-corrected chi connectivity index (χ2v) is 9.84. The summed E-state index contributed by atoms with van der Waals surface area (Å²) in [5.74, 6) is -0.496. The molecule has 0 aliphatic carbocycles. The molecule has 3 amide bonds. The lowest BCUT2D eigenvalue weighted by Crippen LogP contribution is -2.48. The quantitative estimate of drug-likeness (QED) is 0.154. The number of rotatable bonds is 18. The Bertz CT molecular complexity index is 635. The normalized spacial score (nSPS) is 17.5. The van der Waals surface area contributed by atoms with Gasteiger partial charge in [0.05, 0.1) is 6.61 Å². The fraction of sp³-hybridized carbons (Fsp3) is 0.852. The Labute approximate surface area is 205 Å². The second kappa shape index (κ2) is 16.7. The first-order chi connectivity index (χ1) is 16.5. The molecule has 0 N–H and O–H groups in total. The van der Waals surface area contributed by atoms with E-state index < -0.39 is 6.04 Å². The molecule has 2 rings (SSSR count). The van der Waals surface area contributed by atoms with Crippen LogP contribution in [0, 0.1) is 0 Å². The van der Waals surface area contributed by atoms with Crippen LogP contribution in [0.4, 0.5) is 0 Å². The third-order valence-electron chi connectivity index (χ3n) is 7.01. The van der Waals surface area contributed by atoms with Gasteiger partial charge in [-0.25, -0.2) is 4.79 Å². The van der Waals surface area contributed by atoms with Gasteiger partial charge in [-0.15, -0.1) is 0 Å². The Morgan fingerprint density at radius 3 is 2.00 bits per heavy atom. The molecule has 2 aliphatic heterocycles. The van der Waals surface area contributed by atoms with Gasteiger partial charge in [-0.2, -0.15) is 0 Å². The SMILES string of the molecule is CCCCCCCCCCCCOC(=O)C(CCCCN1C(=O)CCC1=O)N1CCCCC1=O. The minimum absolute atomic E-state index is 0.0250. The van der Waals surface area contributed by atoms with E-state index in [1.165, 1.54) is 56.3 Å². The van der Waals surface area contributed by atoms with Crippen molar-refractivity contribution in [2.24, 2.45) is 0 Å². The zero-order chi connectivity index (χ0) is 24.6. The topological polar surface area (TPSA) is 84.0 Å². The molecule has 0 aromatic rings. The van der Waals surface area contributed by atoms with Gasteiger partial charge >= 0.3 is 5.97 Å². The van der Waals surface area contributed by atoms with Gasteiger partial charge in [0.25, 0.3) is 0 Å². The van der Waals surface area contributed by atoms with Crippen molar-refractivity contribution >= 4 is 23.7 Å². The second-order valence-electron chi connectivity index (χ2n) is 9.84. The molecule has 2 saturated heterocycles. The van der Waals surface area contributed by atoms with Crippen LogP contribution in [0.3, 0.4) is 0 Å². The highest BCUT2D eigenvalue weighted by Crippen LogP contribution is 2.20. The van der Waals surface area contributed by atoms with Crippen LogP contribution in [-0.4, -0.2) is 59.2 Å². The molecule has 0 radical (unpaired) electrons. The van der Waals surface area contributed by atoms with Crippen LogP contribution in [0.2, 0.25) is 0 Å². The molecule has 0 aromatic carbocycles. The maximum atomic E-state index is 12.9. The van der Waals surface area contributed by atoms with Crippen molar-refractivity contribution in [1.29, 1.82) is 0 Å². The Kier molecular flexibility index (Phi) is 13.9. The highest BCUT2D eigenvalue weighted by molar-refractivity contribution is 6.01. The molecular weight excluding hydrogens is 432 g/mol. The zero-order valence-electron chi connectivity index (χ0n) is 21.4. The molecule has 1 unspecified atom stereocenters. The fourth-order valence-electron chi connectivity index (χ4n) is 4.90. The van der Waals surface area contributed by atoms with Gasteiger partial charge < -0.3 is 9.64 Å². The van der Waals surface area contributed by atoms with Crippen molar-refractivity contribution < 1.29 is 23.9 Å². The van der Waals surface area contributed by atoms with Crippen molar-refractivity contribution in [1.82, 2.24) is 9.80 Å². The van der Waals surface area contributed by atoms with Crippen LogP contribution in [-0.2, 0) is 23.9 Å². The molecule has 2 aliphatic rings. The summed E-state index contributed by atoms with van der Waals surface area (Å²) in [5, 5.41) is 0. The predicted octanol–water partition coefficient (Wildman–Crippen LogP) is 5.15. The number of esters is 1. The van der Waals surface area contributed by atoms with E-state index in [1.54, 1.807) is 4.90 Å². The van der Waals surface area contributed by atoms with E-state index in [1.807, 2.05) is 0 Å². The van der Waals surface area contributed by atoms with Crippen molar-refractivity contribution in [2.45, 2.75) is 129 Å². The van der Waals surface area contributed by atoms with Crippen LogP contribution in [0.1, 0.15) is 122 Å². The van der Waals surface area contributed by atoms with Gasteiger partial charge in [0.2, 0.25) is 17.7 Å². The maximum absolute atomic E-state index is 12.9. The summed E-state index contributed by atoms with van der Waals surface area (Å²) < 4.78 is 5.59. The lowest BCUT2D eigenvalue weighted by Gasteiger charge is -2.33. The van der Waals surface area contributed by atoms with Crippen LogP contribution in [0.5, 0.6) is 0 Å². The summed E-state index contributed by atoms with van der Waals surface area (Å²) in [4.78, 5) is 51.9. The monoisotopic (exact) mass is 478 g/mol. The molecule has 0 saturated carbocycles. The highest BCUT2D eigenvalue weighted by Gasteiger charge is 2.33. The number of likely N-dealkylation sites (tertiary alicyclic amines) is 2. The third-order valence-corrected chi connectivity index (χ3v) is 7.01. The Morgan fingerprint density at radius 1 is 0.765 bits per heavy atom. The first-order valence-electron chi connectivity index (χ1n) is 13.8. The third kappa shape index (κ3) is 10.1. The largest absolute Gasteiger partial charge is 0.464 e. The number of imide groups is 1. The van der Waals surface area contributed by atoms with Crippen LogP contribution in [0.15, 0.2) is 0 Å². The van der Waals surface area contributed by atoms with E-state index >= 15 is 0 Å². The van der Waals surface area contributed by atoms with E-state index in [-0.39, 0.29) is 23.7 Å². The van der Waals surface area contributed by atoms with E-state index in [0.29, 0.717) is 58.2 Å². The van der Waals surface area contributed by atoms with E-state index in [0.717, 1.165) is 25.7 Å². The number of carbonyl (C=O) groups is 4. The van der Waals surface area contributed by atoms with Gasteiger partial charge in [0.1, 0.15) is 6.04 Å². The molecule has 7 nitrogen and oxygen atoms in total. The fourth-order valence-corrected chi connectivity index (χ4v) is 4.90.